The van der Waals surface area contributed by atoms with Gasteiger partial charge in [0.1, 0.15) is 5.58 Å². The SMILES string of the molecule is Cc1cc2oc(=O)cc(Cn3cnc4cc([N+](=O)[O-])ccc4c3=O)c2cc1C(C)C. The molecule has 0 amide bonds. The summed E-state index contributed by atoms with van der Waals surface area (Å²) in [5.41, 5.74) is 2.57. The molecule has 0 aliphatic heterocycles. The molecular weight excluding hydrogens is 386 g/mol. The Hall–Kier alpha value is -3.81. The van der Waals surface area contributed by atoms with Gasteiger partial charge in [-0.1, -0.05) is 13.8 Å². The third kappa shape index (κ3) is 3.36. The number of aryl methyl sites for hydroxylation is 1. The van der Waals surface area contributed by atoms with E-state index in [4.69, 9.17) is 4.42 Å². The van der Waals surface area contributed by atoms with Gasteiger partial charge in [-0.15, -0.1) is 0 Å². The first kappa shape index (κ1) is 19.5. The fourth-order valence-corrected chi connectivity index (χ4v) is 3.70. The van der Waals surface area contributed by atoms with Gasteiger partial charge in [0, 0.05) is 23.6 Å². The minimum atomic E-state index is -0.531. The normalized spacial score (nSPS) is 11.5. The fourth-order valence-electron chi connectivity index (χ4n) is 3.70. The van der Waals surface area contributed by atoms with Crippen LogP contribution >= 0.6 is 0 Å². The van der Waals surface area contributed by atoms with Crippen molar-refractivity contribution in [1.29, 1.82) is 0 Å². The van der Waals surface area contributed by atoms with Crippen molar-refractivity contribution in [3.8, 4) is 0 Å². The third-order valence-corrected chi connectivity index (χ3v) is 5.20. The van der Waals surface area contributed by atoms with Gasteiger partial charge in [-0.05, 0) is 47.7 Å². The van der Waals surface area contributed by atoms with Crippen molar-refractivity contribution in [3.05, 3.63) is 90.3 Å². The average molecular weight is 405 g/mol. The molecule has 30 heavy (non-hydrogen) atoms. The Balaban J connectivity index is 1.87. The van der Waals surface area contributed by atoms with E-state index in [1.165, 1.54) is 35.2 Å². The van der Waals surface area contributed by atoms with Crippen LogP contribution in [0.1, 0.15) is 36.5 Å². The van der Waals surface area contributed by atoms with Crippen LogP contribution in [0.2, 0.25) is 0 Å². The standard InChI is InChI=1S/C22H19N3O5/c1-12(2)17-9-18-14(7-21(26)30-20(18)6-13(17)3)10-24-11-23-19-8-15(25(28)29)4-5-16(19)22(24)27/h4-9,11-12H,10H2,1-3H3. The monoisotopic (exact) mass is 405 g/mol. The van der Waals surface area contributed by atoms with E-state index in [2.05, 4.69) is 18.8 Å². The molecule has 0 saturated carbocycles. The third-order valence-electron chi connectivity index (χ3n) is 5.20. The van der Waals surface area contributed by atoms with E-state index in [1.807, 2.05) is 19.1 Å². The molecule has 0 fully saturated rings. The number of aromatic nitrogens is 2. The van der Waals surface area contributed by atoms with Crippen LogP contribution < -0.4 is 11.2 Å². The van der Waals surface area contributed by atoms with Gasteiger partial charge in [-0.25, -0.2) is 9.78 Å². The Morgan fingerprint density at radius 1 is 1.13 bits per heavy atom. The van der Waals surface area contributed by atoms with Gasteiger partial charge in [-0.2, -0.15) is 0 Å². The number of hydrogen-bond donors (Lipinski definition) is 0. The zero-order chi connectivity index (χ0) is 21.6. The molecule has 0 atom stereocenters. The van der Waals surface area contributed by atoms with Crippen LogP contribution in [-0.2, 0) is 6.54 Å². The van der Waals surface area contributed by atoms with E-state index in [0.717, 1.165) is 16.5 Å². The summed E-state index contributed by atoms with van der Waals surface area (Å²) in [6.45, 7) is 6.27. The molecule has 0 N–H and O–H groups in total. The second-order valence-electron chi connectivity index (χ2n) is 7.59. The van der Waals surface area contributed by atoms with Crippen molar-refractivity contribution < 1.29 is 9.34 Å². The molecule has 0 saturated heterocycles. The molecule has 152 valence electrons. The van der Waals surface area contributed by atoms with E-state index >= 15 is 0 Å². The first-order chi connectivity index (χ1) is 14.2. The lowest BCUT2D eigenvalue weighted by Crippen LogP contribution is -2.22. The number of nitrogens with zero attached hydrogens (tertiary/aromatic N) is 3. The maximum atomic E-state index is 12.9. The predicted molar refractivity (Wildman–Crippen MR) is 113 cm³/mol. The quantitative estimate of drug-likeness (QED) is 0.289. The van der Waals surface area contributed by atoms with Gasteiger partial charge in [0.25, 0.3) is 11.2 Å². The highest BCUT2D eigenvalue weighted by Crippen LogP contribution is 2.27. The van der Waals surface area contributed by atoms with Crippen LogP contribution in [0, 0.1) is 17.0 Å². The highest BCUT2D eigenvalue weighted by molar-refractivity contribution is 5.82. The Kier molecular flexibility index (Phi) is 4.69. The van der Waals surface area contributed by atoms with E-state index in [1.54, 1.807) is 0 Å². The van der Waals surface area contributed by atoms with Gasteiger partial charge < -0.3 is 4.42 Å². The molecule has 0 spiro atoms. The summed E-state index contributed by atoms with van der Waals surface area (Å²) in [6.07, 6.45) is 1.34. The van der Waals surface area contributed by atoms with Crippen molar-refractivity contribution in [2.45, 2.75) is 33.2 Å². The fraction of sp³-hybridized carbons (Fsp3) is 0.227. The Labute approximate surface area is 170 Å². The van der Waals surface area contributed by atoms with Crippen molar-refractivity contribution in [2.24, 2.45) is 0 Å². The van der Waals surface area contributed by atoms with E-state index in [-0.39, 0.29) is 34.6 Å². The topological polar surface area (TPSA) is 108 Å². The van der Waals surface area contributed by atoms with Gasteiger partial charge in [0.2, 0.25) is 0 Å². The molecule has 0 bridgehead atoms. The number of non-ortho nitro benzene ring substituents is 1. The second kappa shape index (κ2) is 7.22. The summed E-state index contributed by atoms with van der Waals surface area (Å²) in [7, 11) is 0. The zero-order valence-corrected chi connectivity index (χ0v) is 16.7. The van der Waals surface area contributed by atoms with E-state index in [0.29, 0.717) is 11.1 Å². The Morgan fingerprint density at radius 2 is 1.90 bits per heavy atom. The maximum absolute atomic E-state index is 12.9. The minimum Gasteiger partial charge on any atom is -0.423 e. The number of nitro benzene ring substituents is 1. The molecular formula is C22H19N3O5. The number of hydrogen-bond acceptors (Lipinski definition) is 6. The lowest BCUT2D eigenvalue weighted by Gasteiger charge is -2.14. The Morgan fingerprint density at radius 3 is 2.60 bits per heavy atom. The molecule has 4 rings (SSSR count). The van der Waals surface area contributed by atoms with Crippen LogP contribution in [-0.4, -0.2) is 14.5 Å². The zero-order valence-electron chi connectivity index (χ0n) is 16.7. The summed E-state index contributed by atoms with van der Waals surface area (Å²) in [5.74, 6) is 0.287. The van der Waals surface area contributed by atoms with Crippen molar-refractivity contribution >= 4 is 27.6 Å². The second-order valence-corrected chi connectivity index (χ2v) is 7.59. The van der Waals surface area contributed by atoms with Gasteiger partial charge in [-0.3, -0.25) is 19.5 Å². The van der Waals surface area contributed by atoms with Gasteiger partial charge in [0.15, 0.2) is 0 Å². The Bertz CT molecular complexity index is 1430. The summed E-state index contributed by atoms with van der Waals surface area (Å²) in [6, 6.07) is 9.17. The number of rotatable bonds is 4. The summed E-state index contributed by atoms with van der Waals surface area (Å²) in [4.78, 5) is 39.6. The molecule has 0 unspecified atom stereocenters. The van der Waals surface area contributed by atoms with Crippen LogP contribution in [0.3, 0.4) is 0 Å². The lowest BCUT2D eigenvalue weighted by molar-refractivity contribution is -0.384. The first-order valence-corrected chi connectivity index (χ1v) is 9.45. The minimum absolute atomic E-state index is 0.126. The first-order valence-electron chi connectivity index (χ1n) is 9.45. The van der Waals surface area contributed by atoms with E-state index in [9.17, 15) is 19.7 Å². The van der Waals surface area contributed by atoms with Crippen LogP contribution in [0.4, 0.5) is 5.69 Å². The molecule has 8 nitrogen and oxygen atoms in total. The van der Waals surface area contributed by atoms with Crippen molar-refractivity contribution in [1.82, 2.24) is 9.55 Å². The molecule has 2 heterocycles. The maximum Gasteiger partial charge on any atom is 0.336 e. The highest BCUT2D eigenvalue weighted by atomic mass is 16.6. The molecule has 0 aliphatic carbocycles. The molecule has 0 aliphatic rings. The molecule has 4 aromatic rings. The van der Waals surface area contributed by atoms with E-state index < -0.39 is 10.5 Å². The molecule has 8 heteroatoms. The smallest absolute Gasteiger partial charge is 0.336 e. The summed E-state index contributed by atoms with van der Waals surface area (Å²) >= 11 is 0. The van der Waals surface area contributed by atoms with Crippen molar-refractivity contribution in [3.63, 3.8) is 0 Å². The number of fused-ring (bicyclic) bond motifs is 2. The summed E-state index contributed by atoms with van der Waals surface area (Å²) < 4.78 is 6.76. The van der Waals surface area contributed by atoms with Crippen molar-refractivity contribution in [2.75, 3.05) is 0 Å². The van der Waals surface area contributed by atoms with Gasteiger partial charge in [0.05, 0.1) is 28.7 Å². The van der Waals surface area contributed by atoms with Crippen LogP contribution in [0.15, 0.2) is 56.7 Å². The van der Waals surface area contributed by atoms with Crippen LogP contribution in [0.25, 0.3) is 21.9 Å². The highest BCUT2D eigenvalue weighted by Gasteiger charge is 2.14. The average Bonchev–Trinajstić information content (AvgIpc) is 2.68. The summed E-state index contributed by atoms with van der Waals surface area (Å²) in [5, 5.41) is 12.0. The number of nitro groups is 1. The lowest BCUT2D eigenvalue weighted by atomic mass is 9.95. The largest absolute Gasteiger partial charge is 0.423 e. The molecule has 2 aromatic heterocycles. The molecule has 2 aromatic carbocycles. The van der Waals surface area contributed by atoms with Crippen LogP contribution in [0.5, 0.6) is 0 Å². The number of benzene rings is 2. The predicted octanol–water partition coefficient (Wildman–Crippen LogP) is 3.89. The van der Waals surface area contributed by atoms with Gasteiger partial charge >= 0.3 is 5.63 Å². The molecule has 0 radical (unpaired) electrons.